The van der Waals surface area contributed by atoms with Crippen molar-refractivity contribution in [3.05, 3.63) is 42.7 Å². The molecule has 2 amide bonds. The lowest BCUT2D eigenvalue weighted by Gasteiger charge is -2.17. The van der Waals surface area contributed by atoms with Gasteiger partial charge in [-0.25, -0.2) is 0 Å². The van der Waals surface area contributed by atoms with E-state index in [0.717, 1.165) is 11.4 Å². The number of nitrogens with zero attached hydrogens (tertiary/aromatic N) is 3. The van der Waals surface area contributed by atoms with Gasteiger partial charge in [-0.15, -0.1) is 0 Å². The van der Waals surface area contributed by atoms with Gasteiger partial charge in [0.1, 0.15) is 5.75 Å². The van der Waals surface area contributed by atoms with Gasteiger partial charge in [0.05, 0.1) is 19.6 Å². The van der Waals surface area contributed by atoms with Crippen LogP contribution in [0.25, 0.3) is 0 Å². The van der Waals surface area contributed by atoms with Gasteiger partial charge >= 0.3 is 0 Å². The van der Waals surface area contributed by atoms with E-state index in [2.05, 4.69) is 10.4 Å². The van der Waals surface area contributed by atoms with Crippen LogP contribution in [0.15, 0.2) is 42.7 Å². The third-order valence-corrected chi connectivity index (χ3v) is 4.08. The Morgan fingerprint density at radius 1 is 1.38 bits per heavy atom. The molecular formula is C17H20N4O3. The summed E-state index contributed by atoms with van der Waals surface area (Å²) in [7, 11) is 1.60. The number of benzene rings is 1. The van der Waals surface area contributed by atoms with Gasteiger partial charge in [0, 0.05) is 37.6 Å². The summed E-state index contributed by atoms with van der Waals surface area (Å²) in [6.45, 7) is 1.51. The van der Waals surface area contributed by atoms with Crippen molar-refractivity contribution in [2.75, 3.05) is 25.1 Å². The molecule has 2 heterocycles. The molecule has 0 saturated carbocycles. The fourth-order valence-electron chi connectivity index (χ4n) is 2.77. The summed E-state index contributed by atoms with van der Waals surface area (Å²) < 4.78 is 6.87. The number of carbonyl (C=O) groups is 2. The first-order valence-corrected chi connectivity index (χ1v) is 7.87. The molecule has 1 N–H and O–H groups in total. The summed E-state index contributed by atoms with van der Waals surface area (Å²) in [6, 6.07) is 9.10. The molecule has 24 heavy (non-hydrogen) atoms. The average molecular weight is 328 g/mol. The minimum atomic E-state index is -0.322. The van der Waals surface area contributed by atoms with E-state index < -0.39 is 0 Å². The van der Waals surface area contributed by atoms with Crippen molar-refractivity contribution in [2.45, 2.75) is 13.0 Å². The van der Waals surface area contributed by atoms with E-state index in [0.29, 0.717) is 19.6 Å². The molecule has 2 aromatic rings. The number of anilines is 1. The largest absolute Gasteiger partial charge is 0.497 e. The number of hydrogen-bond acceptors (Lipinski definition) is 4. The van der Waals surface area contributed by atoms with Crippen molar-refractivity contribution < 1.29 is 14.3 Å². The molecule has 7 heteroatoms. The smallest absolute Gasteiger partial charge is 0.227 e. The Hall–Kier alpha value is -2.83. The summed E-state index contributed by atoms with van der Waals surface area (Å²) in [4.78, 5) is 26.1. The highest BCUT2D eigenvalue weighted by Crippen LogP contribution is 2.26. The molecule has 1 aromatic carbocycles. The molecule has 1 aromatic heterocycles. The summed E-state index contributed by atoms with van der Waals surface area (Å²) in [5, 5.41) is 6.96. The summed E-state index contributed by atoms with van der Waals surface area (Å²) in [5.41, 5.74) is 0.785. The van der Waals surface area contributed by atoms with E-state index in [1.807, 2.05) is 24.4 Å². The lowest BCUT2D eigenvalue weighted by atomic mass is 10.1. The predicted octanol–water partition coefficient (Wildman–Crippen LogP) is 1.06. The van der Waals surface area contributed by atoms with E-state index in [1.54, 1.807) is 35.0 Å². The van der Waals surface area contributed by atoms with Gasteiger partial charge in [-0.2, -0.15) is 5.10 Å². The number of nitrogens with one attached hydrogen (secondary N) is 1. The van der Waals surface area contributed by atoms with Gasteiger partial charge in [-0.1, -0.05) is 0 Å². The quantitative estimate of drug-likeness (QED) is 0.860. The maximum absolute atomic E-state index is 12.3. The van der Waals surface area contributed by atoms with Crippen LogP contribution in [0.4, 0.5) is 5.69 Å². The summed E-state index contributed by atoms with van der Waals surface area (Å²) in [6.07, 6.45) is 3.78. The molecule has 1 fully saturated rings. The molecular weight excluding hydrogens is 308 g/mol. The van der Waals surface area contributed by atoms with Crippen molar-refractivity contribution in [3.8, 4) is 5.75 Å². The van der Waals surface area contributed by atoms with Crippen molar-refractivity contribution in [1.82, 2.24) is 15.1 Å². The summed E-state index contributed by atoms with van der Waals surface area (Å²) >= 11 is 0. The molecule has 0 spiro atoms. The lowest BCUT2D eigenvalue weighted by molar-refractivity contribution is -0.126. The van der Waals surface area contributed by atoms with Crippen LogP contribution in [-0.4, -0.2) is 41.8 Å². The maximum Gasteiger partial charge on any atom is 0.227 e. The zero-order valence-corrected chi connectivity index (χ0v) is 13.5. The first kappa shape index (κ1) is 16.0. The van der Waals surface area contributed by atoms with Crippen LogP contribution in [0, 0.1) is 5.92 Å². The van der Waals surface area contributed by atoms with E-state index >= 15 is 0 Å². The van der Waals surface area contributed by atoms with Gasteiger partial charge in [-0.05, 0) is 30.3 Å². The third-order valence-electron chi connectivity index (χ3n) is 4.08. The summed E-state index contributed by atoms with van der Waals surface area (Å²) in [5.74, 6) is 0.287. The Balaban J connectivity index is 1.54. The fourth-order valence-corrected chi connectivity index (χ4v) is 2.77. The van der Waals surface area contributed by atoms with E-state index in [9.17, 15) is 9.59 Å². The molecule has 3 rings (SSSR count). The maximum atomic E-state index is 12.3. The van der Waals surface area contributed by atoms with Crippen molar-refractivity contribution in [3.63, 3.8) is 0 Å². The molecule has 7 nitrogen and oxygen atoms in total. The Morgan fingerprint density at radius 2 is 2.17 bits per heavy atom. The number of methoxy groups -OCH3 is 1. The fraction of sp³-hybridized carbons (Fsp3) is 0.353. The molecule has 1 aliphatic heterocycles. The zero-order valence-electron chi connectivity index (χ0n) is 13.5. The number of hydrogen-bond donors (Lipinski definition) is 1. The van der Waals surface area contributed by atoms with Crippen molar-refractivity contribution in [2.24, 2.45) is 5.92 Å². The number of ether oxygens (including phenoxy) is 1. The minimum absolute atomic E-state index is 0.0348. The first-order chi connectivity index (χ1) is 11.7. The highest BCUT2D eigenvalue weighted by atomic mass is 16.5. The van der Waals surface area contributed by atoms with E-state index in [-0.39, 0.29) is 24.2 Å². The lowest BCUT2D eigenvalue weighted by Crippen LogP contribution is -2.34. The van der Waals surface area contributed by atoms with E-state index in [1.165, 1.54) is 0 Å². The SMILES string of the molecule is COc1ccc(N2CC(C(=O)NCCn3cccn3)CC2=O)cc1. The Kier molecular flexibility index (Phi) is 4.79. The average Bonchev–Trinajstić information content (AvgIpc) is 3.24. The van der Waals surface area contributed by atoms with Crippen LogP contribution >= 0.6 is 0 Å². The van der Waals surface area contributed by atoms with Gasteiger partial charge < -0.3 is 15.0 Å². The Bertz CT molecular complexity index is 697. The Labute approximate surface area is 140 Å². The second kappa shape index (κ2) is 7.16. The van der Waals surface area contributed by atoms with Crippen LogP contribution in [0.2, 0.25) is 0 Å². The molecule has 0 bridgehead atoms. The van der Waals surface area contributed by atoms with E-state index in [4.69, 9.17) is 4.74 Å². The van der Waals surface area contributed by atoms with Gasteiger partial charge in [0.2, 0.25) is 11.8 Å². The second-order valence-corrected chi connectivity index (χ2v) is 5.66. The standard InChI is InChI=1S/C17H20N4O3/c1-24-15-5-3-14(4-6-15)21-12-13(11-16(21)22)17(23)18-8-10-20-9-2-7-19-20/h2-7,9,13H,8,10-12H2,1H3,(H,18,23). The number of carbonyl (C=O) groups excluding carboxylic acids is 2. The van der Waals surface area contributed by atoms with Gasteiger partial charge in [0.25, 0.3) is 0 Å². The highest BCUT2D eigenvalue weighted by molar-refractivity contribution is 6.00. The van der Waals surface area contributed by atoms with Gasteiger partial charge in [-0.3, -0.25) is 14.3 Å². The topological polar surface area (TPSA) is 76.5 Å². The molecule has 0 radical (unpaired) electrons. The monoisotopic (exact) mass is 328 g/mol. The highest BCUT2D eigenvalue weighted by Gasteiger charge is 2.34. The second-order valence-electron chi connectivity index (χ2n) is 5.66. The Morgan fingerprint density at radius 3 is 2.83 bits per heavy atom. The molecule has 0 aliphatic carbocycles. The number of amides is 2. The molecule has 126 valence electrons. The molecule has 1 atom stereocenters. The predicted molar refractivity (Wildman–Crippen MR) is 88.7 cm³/mol. The molecule has 1 unspecified atom stereocenters. The van der Waals surface area contributed by atoms with Crippen LogP contribution in [0.3, 0.4) is 0 Å². The van der Waals surface area contributed by atoms with Gasteiger partial charge in [0.15, 0.2) is 0 Å². The number of aromatic nitrogens is 2. The van der Waals surface area contributed by atoms with Crippen LogP contribution in [-0.2, 0) is 16.1 Å². The third kappa shape index (κ3) is 3.56. The molecule has 1 aliphatic rings. The number of rotatable bonds is 6. The normalized spacial score (nSPS) is 17.1. The van der Waals surface area contributed by atoms with Crippen molar-refractivity contribution >= 4 is 17.5 Å². The van der Waals surface area contributed by atoms with Crippen LogP contribution in [0.5, 0.6) is 5.75 Å². The van der Waals surface area contributed by atoms with Crippen LogP contribution < -0.4 is 15.0 Å². The first-order valence-electron chi connectivity index (χ1n) is 7.87. The van der Waals surface area contributed by atoms with Crippen LogP contribution in [0.1, 0.15) is 6.42 Å². The minimum Gasteiger partial charge on any atom is -0.497 e. The van der Waals surface area contributed by atoms with Crippen molar-refractivity contribution in [1.29, 1.82) is 0 Å². The molecule has 1 saturated heterocycles. The zero-order chi connectivity index (χ0) is 16.9.